The Balaban J connectivity index is 1.90. The predicted molar refractivity (Wildman–Crippen MR) is 79.4 cm³/mol. The van der Waals surface area contributed by atoms with Crippen molar-refractivity contribution in [1.82, 2.24) is 5.32 Å². The molecule has 0 aromatic heterocycles. The lowest BCUT2D eigenvalue weighted by Crippen LogP contribution is -2.46. The molecule has 0 saturated heterocycles. The second-order valence-electron chi connectivity index (χ2n) is 5.57. The molecule has 1 aliphatic carbocycles. The fourth-order valence-electron chi connectivity index (χ4n) is 2.77. The van der Waals surface area contributed by atoms with Gasteiger partial charge in [0.2, 0.25) is 5.91 Å². The van der Waals surface area contributed by atoms with Crippen LogP contribution < -0.4 is 11.1 Å². The van der Waals surface area contributed by atoms with E-state index in [4.69, 9.17) is 10.5 Å². The van der Waals surface area contributed by atoms with Gasteiger partial charge in [0.1, 0.15) is 0 Å². The van der Waals surface area contributed by atoms with Crippen LogP contribution in [-0.4, -0.2) is 32.2 Å². The molecule has 1 aromatic rings. The van der Waals surface area contributed by atoms with Crippen molar-refractivity contribution in [3.63, 3.8) is 0 Å². The van der Waals surface area contributed by atoms with E-state index in [2.05, 4.69) is 29.6 Å². The van der Waals surface area contributed by atoms with Gasteiger partial charge in [-0.3, -0.25) is 4.79 Å². The fraction of sp³-hybridized carbons (Fsp3) is 0.562. The van der Waals surface area contributed by atoms with Gasteiger partial charge in [0.15, 0.2) is 0 Å². The summed E-state index contributed by atoms with van der Waals surface area (Å²) < 4.78 is 5.14. The maximum absolute atomic E-state index is 11.9. The zero-order valence-corrected chi connectivity index (χ0v) is 12.1. The van der Waals surface area contributed by atoms with Gasteiger partial charge in [0.05, 0.1) is 12.5 Å². The molecule has 3 N–H and O–H groups in total. The van der Waals surface area contributed by atoms with Crippen LogP contribution in [0.5, 0.6) is 0 Å². The number of hydrogen-bond acceptors (Lipinski definition) is 3. The molecule has 0 radical (unpaired) electrons. The van der Waals surface area contributed by atoms with Crippen molar-refractivity contribution in [3.05, 3.63) is 35.9 Å². The van der Waals surface area contributed by atoms with Crippen LogP contribution in [-0.2, 0) is 14.9 Å². The molecule has 20 heavy (non-hydrogen) atoms. The summed E-state index contributed by atoms with van der Waals surface area (Å²) in [5.41, 5.74) is 6.99. The molecule has 2 rings (SSSR count). The highest BCUT2D eigenvalue weighted by molar-refractivity contribution is 5.76. The minimum absolute atomic E-state index is 0.0181. The van der Waals surface area contributed by atoms with Crippen LogP contribution in [0.3, 0.4) is 0 Å². The van der Waals surface area contributed by atoms with E-state index in [-0.39, 0.29) is 17.4 Å². The molecule has 0 aliphatic heterocycles. The summed E-state index contributed by atoms with van der Waals surface area (Å²) in [6.45, 7) is 1.07. The summed E-state index contributed by atoms with van der Waals surface area (Å²) in [7, 11) is 1.59. The summed E-state index contributed by atoms with van der Waals surface area (Å²) in [6, 6.07) is 10.5. The molecule has 4 nitrogen and oxygen atoms in total. The van der Waals surface area contributed by atoms with E-state index < -0.39 is 0 Å². The number of hydrogen-bond donors (Lipinski definition) is 2. The van der Waals surface area contributed by atoms with Crippen molar-refractivity contribution in [2.45, 2.75) is 37.2 Å². The summed E-state index contributed by atoms with van der Waals surface area (Å²) >= 11 is 0. The van der Waals surface area contributed by atoms with Crippen molar-refractivity contribution < 1.29 is 9.53 Å². The van der Waals surface area contributed by atoms with Gasteiger partial charge in [-0.1, -0.05) is 36.8 Å². The van der Waals surface area contributed by atoms with E-state index >= 15 is 0 Å². The quantitative estimate of drug-likeness (QED) is 0.795. The molecule has 0 bridgehead atoms. The fourth-order valence-corrected chi connectivity index (χ4v) is 2.77. The highest BCUT2D eigenvalue weighted by Crippen LogP contribution is 2.43. The standard InChI is InChI=1S/C16H24N2O2/c1-20-14(11-17)10-15(19)18-12-16(8-5-9-16)13-6-3-2-4-7-13/h2-4,6-7,14H,5,8-12,17H2,1H3,(H,18,19). The van der Waals surface area contributed by atoms with Gasteiger partial charge in [-0.15, -0.1) is 0 Å². The lowest BCUT2D eigenvalue weighted by atomic mass is 9.64. The first-order valence-corrected chi connectivity index (χ1v) is 7.25. The first-order chi connectivity index (χ1) is 9.70. The van der Waals surface area contributed by atoms with Crippen LogP contribution in [0.1, 0.15) is 31.2 Å². The minimum atomic E-state index is -0.191. The Hall–Kier alpha value is -1.39. The Labute approximate surface area is 120 Å². The molecule has 0 heterocycles. The van der Waals surface area contributed by atoms with Crippen LogP contribution in [0.15, 0.2) is 30.3 Å². The second kappa shape index (κ2) is 6.86. The van der Waals surface area contributed by atoms with Gasteiger partial charge in [-0.05, 0) is 18.4 Å². The Morgan fingerprint density at radius 1 is 1.40 bits per heavy atom. The minimum Gasteiger partial charge on any atom is -0.380 e. The molecule has 1 fully saturated rings. The van der Waals surface area contributed by atoms with Crippen LogP contribution in [0.25, 0.3) is 0 Å². The SMILES string of the molecule is COC(CN)CC(=O)NCC1(c2ccccc2)CCC1. The summed E-state index contributed by atoms with van der Waals surface area (Å²) in [5, 5.41) is 3.05. The molecule has 1 amide bonds. The van der Waals surface area contributed by atoms with Crippen molar-refractivity contribution in [1.29, 1.82) is 0 Å². The smallest absolute Gasteiger partial charge is 0.222 e. The topological polar surface area (TPSA) is 64.3 Å². The largest absolute Gasteiger partial charge is 0.380 e. The Bertz CT molecular complexity index is 425. The highest BCUT2D eigenvalue weighted by atomic mass is 16.5. The first-order valence-electron chi connectivity index (χ1n) is 7.25. The molecule has 1 atom stereocenters. The molecular weight excluding hydrogens is 252 g/mol. The van der Waals surface area contributed by atoms with E-state index in [9.17, 15) is 4.79 Å². The number of rotatable bonds is 7. The molecule has 1 saturated carbocycles. The zero-order valence-electron chi connectivity index (χ0n) is 12.1. The maximum atomic E-state index is 11.9. The van der Waals surface area contributed by atoms with E-state index in [0.29, 0.717) is 19.5 Å². The van der Waals surface area contributed by atoms with E-state index in [1.807, 2.05) is 6.07 Å². The van der Waals surface area contributed by atoms with Crippen molar-refractivity contribution in [3.8, 4) is 0 Å². The Morgan fingerprint density at radius 2 is 2.10 bits per heavy atom. The van der Waals surface area contributed by atoms with Crippen LogP contribution in [0, 0.1) is 0 Å². The molecule has 1 unspecified atom stereocenters. The molecular formula is C16H24N2O2. The van der Waals surface area contributed by atoms with Gasteiger partial charge in [-0.2, -0.15) is 0 Å². The highest BCUT2D eigenvalue weighted by Gasteiger charge is 2.38. The lowest BCUT2D eigenvalue weighted by molar-refractivity contribution is -0.123. The molecule has 1 aliphatic rings. The summed E-state index contributed by atoms with van der Waals surface area (Å²) in [4.78, 5) is 11.9. The maximum Gasteiger partial charge on any atom is 0.222 e. The van der Waals surface area contributed by atoms with Crippen LogP contribution >= 0.6 is 0 Å². The van der Waals surface area contributed by atoms with Crippen LogP contribution in [0.2, 0.25) is 0 Å². The number of carbonyl (C=O) groups excluding carboxylic acids is 1. The van der Waals surface area contributed by atoms with E-state index in [0.717, 1.165) is 12.8 Å². The van der Waals surface area contributed by atoms with E-state index in [1.165, 1.54) is 12.0 Å². The molecule has 0 spiro atoms. The molecule has 4 heteroatoms. The molecule has 1 aromatic carbocycles. The Morgan fingerprint density at radius 3 is 2.60 bits per heavy atom. The second-order valence-corrected chi connectivity index (χ2v) is 5.57. The summed E-state index contributed by atoms with van der Waals surface area (Å²) in [6.07, 6.45) is 3.65. The predicted octanol–water partition coefficient (Wildman–Crippen LogP) is 1.59. The molecule has 110 valence electrons. The van der Waals surface area contributed by atoms with Gasteiger partial charge >= 0.3 is 0 Å². The first kappa shape index (κ1) is 15.0. The number of ether oxygens (including phenoxy) is 1. The van der Waals surface area contributed by atoms with Gasteiger partial charge in [-0.25, -0.2) is 0 Å². The number of methoxy groups -OCH3 is 1. The van der Waals surface area contributed by atoms with Crippen molar-refractivity contribution in [2.75, 3.05) is 20.2 Å². The summed E-state index contributed by atoms with van der Waals surface area (Å²) in [5.74, 6) is 0.0181. The van der Waals surface area contributed by atoms with E-state index in [1.54, 1.807) is 7.11 Å². The average molecular weight is 276 g/mol. The number of nitrogens with one attached hydrogen (secondary N) is 1. The van der Waals surface area contributed by atoms with Crippen LogP contribution in [0.4, 0.5) is 0 Å². The van der Waals surface area contributed by atoms with Gasteiger partial charge < -0.3 is 15.8 Å². The number of amides is 1. The number of carbonyl (C=O) groups is 1. The zero-order chi connectivity index (χ0) is 14.4. The lowest BCUT2D eigenvalue weighted by Gasteiger charge is -2.42. The third-order valence-corrected chi connectivity index (χ3v) is 4.33. The average Bonchev–Trinajstić information content (AvgIpc) is 2.44. The van der Waals surface area contributed by atoms with Crippen molar-refractivity contribution in [2.24, 2.45) is 5.73 Å². The third kappa shape index (κ3) is 3.38. The van der Waals surface area contributed by atoms with Gasteiger partial charge in [0, 0.05) is 25.6 Å². The van der Waals surface area contributed by atoms with Gasteiger partial charge in [0.25, 0.3) is 0 Å². The monoisotopic (exact) mass is 276 g/mol. The third-order valence-electron chi connectivity index (χ3n) is 4.33. The van der Waals surface area contributed by atoms with Crippen molar-refractivity contribution >= 4 is 5.91 Å². The number of benzene rings is 1. The number of nitrogens with two attached hydrogens (primary N) is 1. The normalized spacial score (nSPS) is 18.1. The Kier molecular flexibility index (Phi) is 5.15.